The molecule has 0 atom stereocenters. The van der Waals surface area contributed by atoms with Gasteiger partial charge in [-0.05, 0) is 41.8 Å². The number of rotatable bonds is 6. The van der Waals surface area contributed by atoms with Crippen LogP contribution in [0, 0.1) is 5.82 Å². The van der Waals surface area contributed by atoms with Crippen molar-refractivity contribution in [2.75, 3.05) is 13.1 Å². The normalized spacial score (nSPS) is 15.4. The lowest BCUT2D eigenvalue weighted by Crippen LogP contribution is -2.40. The minimum absolute atomic E-state index is 0.140. The first-order valence-electron chi connectivity index (χ1n) is 9.34. The van der Waals surface area contributed by atoms with E-state index in [0.717, 1.165) is 28.2 Å². The Kier molecular flexibility index (Phi) is 5.96. The van der Waals surface area contributed by atoms with Crippen LogP contribution in [0.5, 0.6) is 0 Å². The number of hydrogen-bond donors (Lipinski definition) is 2. The zero-order valence-corrected chi connectivity index (χ0v) is 17.5. The lowest BCUT2D eigenvalue weighted by molar-refractivity contribution is -0.128. The molecule has 2 aromatic carbocycles. The van der Waals surface area contributed by atoms with Crippen LogP contribution in [0.1, 0.15) is 11.1 Å². The first-order valence-corrected chi connectivity index (χ1v) is 10.6. The van der Waals surface area contributed by atoms with Crippen molar-refractivity contribution in [3.63, 3.8) is 0 Å². The van der Waals surface area contributed by atoms with E-state index >= 15 is 0 Å². The van der Waals surface area contributed by atoms with Gasteiger partial charge >= 0.3 is 0 Å². The van der Waals surface area contributed by atoms with Gasteiger partial charge in [-0.15, -0.1) is 0 Å². The van der Waals surface area contributed by atoms with Crippen molar-refractivity contribution in [1.29, 1.82) is 0 Å². The zero-order valence-electron chi connectivity index (χ0n) is 15.9. The number of halogens is 1. The second-order valence-corrected chi connectivity index (χ2v) is 8.46. The van der Waals surface area contributed by atoms with Gasteiger partial charge in [-0.3, -0.25) is 14.5 Å². The molecule has 8 heteroatoms. The average Bonchev–Trinajstić information content (AvgIpc) is 3.24. The highest BCUT2D eigenvalue weighted by Crippen LogP contribution is 2.32. The van der Waals surface area contributed by atoms with E-state index < -0.39 is 0 Å². The van der Waals surface area contributed by atoms with Crippen molar-refractivity contribution in [3.05, 3.63) is 76.6 Å². The van der Waals surface area contributed by atoms with Crippen LogP contribution in [-0.4, -0.2) is 39.1 Å². The fourth-order valence-corrected chi connectivity index (χ4v) is 4.51. The number of nitrogens with zero attached hydrogens (tertiary/aromatic N) is 1. The summed E-state index contributed by atoms with van der Waals surface area (Å²) in [5, 5.41) is 3.97. The van der Waals surface area contributed by atoms with Crippen molar-refractivity contribution in [1.82, 2.24) is 15.2 Å². The fourth-order valence-electron chi connectivity index (χ4n) is 3.26. The zero-order chi connectivity index (χ0) is 21.1. The number of para-hydroxylation sites is 1. The van der Waals surface area contributed by atoms with Crippen LogP contribution in [-0.2, 0) is 16.0 Å². The predicted molar refractivity (Wildman–Crippen MR) is 121 cm³/mol. The molecule has 30 heavy (non-hydrogen) atoms. The smallest absolute Gasteiger partial charge is 0.266 e. The maximum absolute atomic E-state index is 13.4. The summed E-state index contributed by atoms with van der Waals surface area (Å²) >= 11 is 6.36. The molecule has 0 radical (unpaired) electrons. The molecule has 1 saturated heterocycles. The van der Waals surface area contributed by atoms with Crippen LogP contribution < -0.4 is 5.32 Å². The van der Waals surface area contributed by atoms with E-state index in [1.807, 2.05) is 30.5 Å². The molecule has 2 amide bonds. The summed E-state index contributed by atoms with van der Waals surface area (Å²) in [6.45, 7) is 0.313. The molecule has 0 unspecified atom stereocenters. The van der Waals surface area contributed by atoms with E-state index in [-0.39, 0.29) is 24.2 Å². The van der Waals surface area contributed by atoms with Gasteiger partial charge in [-0.25, -0.2) is 4.39 Å². The number of aromatic amines is 1. The van der Waals surface area contributed by atoms with Crippen LogP contribution in [0.4, 0.5) is 4.39 Å². The lowest BCUT2D eigenvalue weighted by Gasteiger charge is -2.14. The highest BCUT2D eigenvalue weighted by atomic mass is 32.2. The Morgan fingerprint density at radius 2 is 2.07 bits per heavy atom. The molecule has 0 saturated carbocycles. The van der Waals surface area contributed by atoms with Gasteiger partial charge in [0, 0.05) is 23.6 Å². The van der Waals surface area contributed by atoms with E-state index in [1.54, 1.807) is 18.2 Å². The number of benzene rings is 2. The third-order valence-electron chi connectivity index (χ3n) is 4.71. The average molecular weight is 440 g/mol. The van der Waals surface area contributed by atoms with E-state index in [4.69, 9.17) is 12.2 Å². The van der Waals surface area contributed by atoms with Gasteiger partial charge in [-0.2, -0.15) is 0 Å². The van der Waals surface area contributed by atoms with E-state index in [0.29, 0.717) is 27.8 Å². The molecular formula is C22H18FN3O2S2. The second kappa shape index (κ2) is 8.81. The van der Waals surface area contributed by atoms with Crippen LogP contribution in [0.3, 0.4) is 0 Å². The molecule has 3 aromatic rings. The van der Waals surface area contributed by atoms with Crippen molar-refractivity contribution in [2.45, 2.75) is 6.42 Å². The molecule has 152 valence electrons. The SMILES string of the molecule is O=C(CN1C(=O)/C(=C/c2cccc(F)c2)SC1=S)NCCc1c[nH]c2ccccc12. The van der Waals surface area contributed by atoms with Crippen molar-refractivity contribution in [2.24, 2.45) is 0 Å². The minimum Gasteiger partial charge on any atom is -0.361 e. The molecule has 2 N–H and O–H groups in total. The molecule has 0 aliphatic carbocycles. The molecule has 1 aliphatic heterocycles. The molecule has 2 heterocycles. The first kappa shape index (κ1) is 20.3. The Balaban J connectivity index is 1.34. The monoisotopic (exact) mass is 439 g/mol. The number of thiocarbonyl (C=S) groups is 1. The maximum Gasteiger partial charge on any atom is 0.266 e. The molecular weight excluding hydrogens is 421 g/mol. The Hall–Kier alpha value is -2.97. The third-order valence-corrected chi connectivity index (χ3v) is 6.09. The summed E-state index contributed by atoms with van der Waals surface area (Å²) in [4.78, 5) is 29.8. The van der Waals surface area contributed by atoms with E-state index in [9.17, 15) is 14.0 Å². The highest BCUT2D eigenvalue weighted by Gasteiger charge is 2.33. The standard InChI is InChI=1S/C22H18FN3O2S2/c23-16-5-3-4-14(10-16)11-19-21(28)26(22(29)30-19)13-20(27)24-9-8-15-12-25-18-7-2-1-6-17(15)18/h1-7,10-12,25H,8-9,13H2,(H,24,27)/b19-11-. The number of fused-ring (bicyclic) bond motifs is 1. The number of aromatic nitrogens is 1. The molecule has 1 aromatic heterocycles. The summed E-state index contributed by atoms with van der Waals surface area (Å²) in [7, 11) is 0. The lowest BCUT2D eigenvalue weighted by atomic mass is 10.1. The summed E-state index contributed by atoms with van der Waals surface area (Å²) < 4.78 is 13.7. The number of carbonyl (C=O) groups is 2. The van der Waals surface area contributed by atoms with Gasteiger partial charge in [0.2, 0.25) is 5.91 Å². The number of H-pyrrole nitrogens is 1. The van der Waals surface area contributed by atoms with Crippen molar-refractivity contribution >= 4 is 57.1 Å². The number of amides is 2. The molecule has 0 spiro atoms. The van der Waals surface area contributed by atoms with Crippen LogP contribution in [0.2, 0.25) is 0 Å². The van der Waals surface area contributed by atoms with E-state index in [1.165, 1.54) is 17.0 Å². The highest BCUT2D eigenvalue weighted by molar-refractivity contribution is 8.26. The van der Waals surface area contributed by atoms with Gasteiger partial charge in [0.1, 0.15) is 16.7 Å². The summed E-state index contributed by atoms with van der Waals surface area (Å²) in [6.07, 6.45) is 4.20. The minimum atomic E-state index is -0.381. The Morgan fingerprint density at radius 3 is 2.90 bits per heavy atom. The van der Waals surface area contributed by atoms with Crippen LogP contribution in [0.15, 0.2) is 59.6 Å². The first-order chi connectivity index (χ1) is 14.5. The molecule has 4 rings (SSSR count). The topological polar surface area (TPSA) is 65.2 Å². The Labute approximate surface area is 182 Å². The quantitative estimate of drug-likeness (QED) is 0.452. The Bertz CT molecular complexity index is 1170. The number of thioether (sulfide) groups is 1. The largest absolute Gasteiger partial charge is 0.361 e. The molecule has 5 nitrogen and oxygen atoms in total. The number of hydrogen-bond acceptors (Lipinski definition) is 4. The van der Waals surface area contributed by atoms with Gasteiger partial charge in [-0.1, -0.05) is 54.3 Å². The van der Waals surface area contributed by atoms with Crippen molar-refractivity contribution < 1.29 is 14.0 Å². The van der Waals surface area contributed by atoms with Gasteiger partial charge in [0.25, 0.3) is 5.91 Å². The molecule has 0 bridgehead atoms. The van der Waals surface area contributed by atoms with Gasteiger partial charge < -0.3 is 10.3 Å². The molecule has 1 fully saturated rings. The van der Waals surface area contributed by atoms with E-state index in [2.05, 4.69) is 10.3 Å². The number of nitrogens with one attached hydrogen (secondary N) is 2. The van der Waals surface area contributed by atoms with Crippen LogP contribution >= 0.6 is 24.0 Å². The fraction of sp³-hybridized carbons (Fsp3) is 0.136. The van der Waals surface area contributed by atoms with Gasteiger partial charge in [0.05, 0.1) is 4.91 Å². The summed E-state index contributed by atoms with van der Waals surface area (Å²) in [5.74, 6) is -1.01. The Morgan fingerprint density at radius 1 is 1.23 bits per heavy atom. The second-order valence-electron chi connectivity index (χ2n) is 6.78. The van der Waals surface area contributed by atoms with Crippen molar-refractivity contribution in [3.8, 4) is 0 Å². The summed E-state index contributed by atoms with van der Waals surface area (Å²) in [6, 6.07) is 13.9. The summed E-state index contributed by atoms with van der Waals surface area (Å²) in [5.41, 5.74) is 2.75. The third kappa shape index (κ3) is 4.44. The molecule has 1 aliphatic rings. The maximum atomic E-state index is 13.4. The predicted octanol–water partition coefficient (Wildman–Crippen LogP) is 3.87. The number of carbonyl (C=O) groups excluding carboxylic acids is 2. The van der Waals surface area contributed by atoms with Gasteiger partial charge in [0.15, 0.2) is 0 Å². The van der Waals surface area contributed by atoms with Crippen LogP contribution in [0.25, 0.3) is 17.0 Å².